The molecule has 1 unspecified atom stereocenters. The molecular formula is C12H24O3S. The summed E-state index contributed by atoms with van der Waals surface area (Å²) in [5, 5.41) is 9.79. The molecule has 0 aliphatic heterocycles. The highest BCUT2D eigenvalue weighted by Crippen LogP contribution is 2.27. The fourth-order valence-electron chi connectivity index (χ4n) is 2.45. The standard InChI is InChI=1S/C12H24O3S/c1-16(14,15)9-8-12(13)10-11-6-4-2-3-5-7-11/h11-13H,2-10H2,1H3. The van der Waals surface area contributed by atoms with Gasteiger partial charge in [0.15, 0.2) is 0 Å². The van der Waals surface area contributed by atoms with Gasteiger partial charge in [0.25, 0.3) is 0 Å². The van der Waals surface area contributed by atoms with Crippen LogP contribution in [0.1, 0.15) is 51.4 Å². The summed E-state index contributed by atoms with van der Waals surface area (Å²) in [5.41, 5.74) is 0. The van der Waals surface area contributed by atoms with E-state index in [1.54, 1.807) is 0 Å². The van der Waals surface area contributed by atoms with Gasteiger partial charge in [-0.25, -0.2) is 8.42 Å². The lowest BCUT2D eigenvalue weighted by atomic mass is 9.93. The third-order valence-electron chi connectivity index (χ3n) is 3.40. The lowest BCUT2D eigenvalue weighted by Gasteiger charge is -2.18. The summed E-state index contributed by atoms with van der Waals surface area (Å²) in [6.45, 7) is 0. The van der Waals surface area contributed by atoms with Crippen LogP contribution in [0.25, 0.3) is 0 Å². The number of rotatable bonds is 5. The lowest BCUT2D eigenvalue weighted by molar-refractivity contribution is 0.134. The van der Waals surface area contributed by atoms with Crippen LogP contribution in [0.5, 0.6) is 0 Å². The van der Waals surface area contributed by atoms with Crippen LogP contribution < -0.4 is 0 Å². The summed E-state index contributed by atoms with van der Waals surface area (Å²) in [7, 11) is -2.93. The summed E-state index contributed by atoms with van der Waals surface area (Å²) in [6.07, 6.45) is 9.55. The number of aliphatic hydroxyl groups is 1. The minimum absolute atomic E-state index is 0.112. The molecule has 0 spiro atoms. The zero-order chi connectivity index (χ0) is 12.0. The van der Waals surface area contributed by atoms with Crippen molar-refractivity contribution in [1.29, 1.82) is 0 Å². The molecule has 0 bridgehead atoms. The minimum atomic E-state index is -2.93. The molecule has 4 heteroatoms. The Labute approximate surface area is 99.2 Å². The average molecular weight is 248 g/mol. The summed E-state index contributed by atoms with van der Waals surface area (Å²) < 4.78 is 21.9. The molecular weight excluding hydrogens is 224 g/mol. The van der Waals surface area contributed by atoms with Gasteiger partial charge >= 0.3 is 0 Å². The van der Waals surface area contributed by atoms with E-state index >= 15 is 0 Å². The van der Waals surface area contributed by atoms with Crippen LogP contribution in [0.15, 0.2) is 0 Å². The second kappa shape index (κ2) is 6.60. The largest absolute Gasteiger partial charge is 0.393 e. The predicted molar refractivity (Wildman–Crippen MR) is 66.1 cm³/mol. The smallest absolute Gasteiger partial charge is 0.147 e. The molecule has 1 aliphatic rings. The maximum absolute atomic E-state index is 11.0. The Morgan fingerprint density at radius 3 is 2.25 bits per heavy atom. The molecule has 0 saturated heterocycles. The van der Waals surface area contributed by atoms with Gasteiger partial charge in [-0.1, -0.05) is 38.5 Å². The van der Waals surface area contributed by atoms with E-state index in [-0.39, 0.29) is 5.75 Å². The van der Waals surface area contributed by atoms with E-state index in [4.69, 9.17) is 0 Å². The average Bonchev–Trinajstić information content (AvgIpc) is 2.42. The first-order chi connectivity index (χ1) is 7.47. The SMILES string of the molecule is CS(=O)(=O)CCC(O)CC1CCCCCC1. The van der Waals surface area contributed by atoms with Crippen LogP contribution in [0.4, 0.5) is 0 Å². The molecule has 0 amide bonds. The molecule has 1 saturated carbocycles. The number of aliphatic hydroxyl groups excluding tert-OH is 1. The highest BCUT2D eigenvalue weighted by atomic mass is 32.2. The number of hydrogen-bond acceptors (Lipinski definition) is 3. The Hall–Kier alpha value is -0.0900. The van der Waals surface area contributed by atoms with E-state index in [1.807, 2.05) is 0 Å². The predicted octanol–water partition coefficient (Wildman–Crippen LogP) is 2.14. The minimum Gasteiger partial charge on any atom is -0.393 e. The Bertz CT molecular complexity index is 277. The molecule has 1 N–H and O–H groups in total. The van der Waals surface area contributed by atoms with Crippen LogP contribution in [0.2, 0.25) is 0 Å². The molecule has 96 valence electrons. The molecule has 0 heterocycles. The van der Waals surface area contributed by atoms with Gasteiger partial charge in [0.2, 0.25) is 0 Å². The summed E-state index contributed by atoms with van der Waals surface area (Å²) in [5.74, 6) is 0.720. The highest BCUT2D eigenvalue weighted by Gasteiger charge is 2.17. The van der Waals surface area contributed by atoms with E-state index in [9.17, 15) is 13.5 Å². The third kappa shape index (κ3) is 6.48. The highest BCUT2D eigenvalue weighted by molar-refractivity contribution is 7.90. The van der Waals surface area contributed by atoms with Gasteiger partial charge in [-0.05, 0) is 18.8 Å². The molecule has 1 atom stereocenters. The maximum Gasteiger partial charge on any atom is 0.147 e. The van der Waals surface area contributed by atoms with Crippen LogP contribution >= 0.6 is 0 Å². The second-order valence-electron chi connectivity index (χ2n) is 5.17. The summed E-state index contributed by atoms with van der Waals surface area (Å²) >= 11 is 0. The van der Waals surface area contributed by atoms with Gasteiger partial charge in [-0.15, -0.1) is 0 Å². The van der Waals surface area contributed by atoms with Gasteiger partial charge in [-0.3, -0.25) is 0 Å². The maximum atomic E-state index is 11.0. The molecule has 0 aromatic carbocycles. The molecule has 3 nitrogen and oxygen atoms in total. The topological polar surface area (TPSA) is 54.4 Å². The molecule has 0 aromatic rings. The molecule has 1 aliphatic carbocycles. The van der Waals surface area contributed by atoms with E-state index in [0.29, 0.717) is 12.3 Å². The zero-order valence-electron chi connectivity index (χ0n) is 10.2. The Balaban J connectivity index is 2.24. The van der Waals surface area contributed by atoms with Crippen molar-refractivity contribution in [3.8, 4) is 0 Å². The number of hydrogen-bond donors (Lipinski definition) is 1. The van der Waals surface area contributed by atoms with Crippen LogP contribution in [0, 0.1) is 5.92 Å². The van der Waals surface area contributed by atoms with Crippen molar-refractivity contribution in [2.45, 2.75) is 57.5 Å². The van der Waals surface area contributed by atoms with Crippen molar-refractivity contribution in [1.82, 2.24) is 0 Å². The fraction of sp³-hybridized carbons (Fsp3) is 1.00. The van der Waals surface area contributed by atoms with Gasteiger partial charge in [0.05, 0.1) is 11.9 Å². The second-order valence-corrected chi connectivity index (χ2v) is 7.43. The van der Waals surface area contributed by atoms with Gasteiger partial charge < -0.3 is 5.11 Å². The van der Waals surface area contributed by atoms with Crippen LogP contribution in [-0.2, 0) is 9.84 Å². The van der Waals surface area contributed by atoms with Crippen molar-refractivity contribution < 1.29 is 13.5 Å². The lowest BCUT2D eigenvalue weighted by Crippen LogP contribution is -2.17. The molecule has 0 radical (unpaired) electrons. The van der Waals surface area contributed by atoms with Gasteiger partial charge in [0.1, 0.15) is 9.84 Å². The van der Waals surface area contributed by atoms with E-state index in [0.717, 1.165) is 6.42 Å². The monoisotopic (exact) mass is 248 g/mol. The first-order valence-electron chi connectivity index (χ1n) is 6.33. The molecule has 16 heavy (non-hydrogen) atoms. The van der Waals surface area contributed by atoms with Crippen molar-refractivity contribution in [2.24, 2.45) is 5.92 Å². The molecule has 0 aromatic heterocycles. The first-order valence-corrected chi connectivity index (χ1v) is 8.39. The Morgan fingerprint density at radius 1 is 1.19 bits per heavy atom. The van der Waals surface area contributed by atoms with Crippen molar-refractivity contribution >= 4 is 9.84 Å². The Kier molecular flexibility index (Phi) is 5.76. The molecule has 1 fully saturated rings. The van der Waals surface area contributed by atoms with Crippen molar-refractivity contribution in [3.63, 3.8) is 0 Å². The zero-order valence-corrected chi connectivity index (χ0v) is 11.0. The quantitative estimate of drug-likeness (QED) is 0.758. The number of sulfone groups is 1. The molecule has 1 rings (SSSR count). The van der Waals surface area contributed by atoms with Crippen molar-refractivity contribution in [3.05, 3.63) is 0 Å². The fourth-order valence-corrected chi connectivity index (χ4v) is 3.15. The van der Waals surface area contributed by atoms with Crippen molar-refractivity contribution in [2.75, 3.05) is 12.0 Å². The normalized spacial score (nSPS) is 21.6. The third-order valence-corrected chi connectivity index (χ3v) is 4.38. The van der Waals surface area contributed by atoms with E-state index in [2.05, 4.69) is 0 Å². The van der Waals surface area contributed by atoms with Crippen LogP contribution in [0.3, 0.4) is 0 Å². The van der Waals surface area contributed by atoms with E-state index < -0.39 is 15.9 Å². The summed E-state index contributed by atoms with van der Waals surface area (Å²) in [6, 6.07) is 0. The summed E-state index contributed by atoms with van der Waals surface area (Å²) in [4.78, 5) is 0. The first kappa shape index (κ1) is 14.0. The van der Waals surface area contributed by atoms with Crippen LogP contribution in [-0.4, -0.2) is 31.6 Å². The Morgan fingerprint density at radius 2 is 1.75 bits per heavy atom. The van der Waals surface area contributed by atoms with E-state index in [1.165, 1.54) is 44.8 Å². The van der Waals surface area contributed by atoms with Gasteiger partial charge in [0, 0.05) is 6.26 Å². The van der Waals surface area contributed by atoms with Gasteiger partial charge in [-0.2, -0.15) is 0 Å².